The number of esters is 1. The summed E-state index contributed by atoms with van der Waals surface area (Å²) in [5.41, 5.74) is 0.841. The lowest BCUT2D eigenvalue weighted by molar-refractivity contribution is -0.141. The number of rotatable bonds is 2. The summed E-state index contributed by atoms with van der Waals surface area (Å²) in [6.07, 6.45) is 0. The minimum absolute atomic E-state index is 0.254. The molecule has 4 heteroatoms. The van der Waals surface area contributed by atoms with E-state index in [9.17, 15) is 4.79 Å². The number of thiophene rings is 1. The van der Waals surface area contributed by atoms with Crippen molar-refractivity contribution >= 4 is 28.9 Å². The molecule has 1 aromatic rings. The van der Waals surface area contributed by atoms with Gasteiger partial charge in [0.1, 0.15) is 0 Å². The van der Waals surface area contributed by atoms with E-state index in [-0.39, 0.29) is 11.9 Å². The highest BCUT2D eigenvalue weighted by molar-refractivity contribution is 7.14. The maximum absolute atomic E-state index is 11.1. The van der Waals surface area contributed by atoms with Gasteiger partial charge in [-0.25, -0.2) is 0 Å². The fraction of sp³-hybridized carbons (Fsp3) is 0.375. The Labute approximate surface area is 80.1 Å². The van der Waals surface area contributed by atoms with Crippen molar-refractivity contribution < 1.29 is 9.53 Å². The maximum Gasteiger partial charge on any atom is 0.312 e. The largest absolute Gasteiger partial charge is 0.469 e. The zero-order valence-electron chi connectivity index (χ0n) is 6.83. The molecule has 2 nitrogen and oxygen atoms in total. The number of ether oxygens (including phenoxy) is 1. The summed E-state index contributed by atoms with van der Waals surface area (Å²) in [7, 11) is 1.37. The van der Waals surface area contributed by atoms with E-state index in [1.165, 1.54) is 18.4 Å². The molecule has 0 amide bonds. The van der Waals surface area contributed by atoms with E-state index < -0.39 is 0 Å². The zero-order valence-corrected chi connectivity index (χ0v) is 8.41. The molecule has 0 spiro atoms. The van der Waals surface area contributed by atoms with E-state index in [1.54, 1.807) is 6.92 Å². The Balaban J connectivity index is 2.84. The smallest absolute Gasteiger partial charge is 0.312 e. The van der Waals surface area contributed by atoms with E-state index in [4.69, 9.17) is 11.6 Å². The topological polar surface area (TPSA) is 26.3 Å². The molecule has 1 unspecified atom stereocenters. The molecule has 0 saturated heterocycles. The van der Waals surface area contributed by atoms with Gasteiger partial charge in [0.15, 0.2) is 0 Å². The van der Waals surface area contributed by atoms with E-state index >= 15 is 0 Å². The SMILES string of the molecule is COC(=O)C(C)c1ccsc1Cl. The number of hydrogen-bond donors (Lipinski definition) is 0. The van der Waals surface area contributed by atoms with Crippen molar-refractivity contribution in [3.63, 3.8) is 0 Å². The third-order valence-corrected chi connectivity index (χ3v) is 2.87. The first-order chi connectivity index (χ1) is 5.66. The average molecular weight is 205 g/mol. The first-order valence-corrected chi connectivity index (χ1v) is 4.73. The number of carbonyl (C=O) groups excluding carboxylic acids is 1. The average Bonchev–Trinajstić information content (AvgIpc) is 2.48. The number of hydrogen-bond acceptors (Lipinski definition) is 3. The van der Waals surface area contributed by atoms with Gasteiger partial charge >= 0.3 is 5.97 Å². The van der Waals surface area contributed by atoms with Gasteiger partial charge in [-0.15, -0.1) is 11.3 Å². The molecular weight excluding hydrogens is 196 g/mol. The second-order valence-electron chi connectivity index (χ2n) is 2.39. The van der Waals surface area contributed by atoms with Gasteiger partial charge < -0.3 is 4.74 Å². The highest BCUT2D eigenvalue weighted by Gasteiger charge is 2.18. The van der Waals surface area contributed by atoms with Crippen molar-refractivity contribution in [2.45, 2.75) is 12.8 Å². The van der Waals surface area contributed by atoms with Crippen LogP contribution < -0.4 is 0 Å². The maximum atomic E-state index is 11.1. The zero-order chi connectivity index (χ0) is 9.14. The predicted molar refractivity (Wildman–Crippen MR) is 49.8 cm³/mol. The molecule has 0 aliphatic heterocycles. The third kappa shape index (κ3) is 1.79. The molecule has 0 N–H and O–H groups in total. The summed E-state index contributed by atoms with van der Waals surface area (Å²) in [5.74, 6) is -0.524. The standard InChI is InChI=1S/C8H9ClO2S/c1-5(8(10)11-2)6-3-4-12-7(6)9/h3-5H,1-2H3. The first kappa shape index (κ1) is 9.55. The Kier molecular flexibility index (Phi) is 3.12. The van der Waals surface area contributed by atoms with Crippen molar-refractivity contribution in [1.29, 1.82) is 0 Å². The molecule has 12 heavy (non-hydrogen) atoms. The second kappa shape index (κ2) is 3.92. The first-order valence-electron chi connectivity index (χ1n) is 3.47. The molecule has 0 aliphatic carbocycles. The second-order valence-corrected chi connectivity index (χ2v) is 3.91. The summed E-state index contributed by atoms with van der Waals surface area (Å²) in [6.45, 7) is 1.78. The van der Waals surface area contributed by atoms with Crippen molar-refractivity contribution in [3.8, 4) is 0 Å². The van der Waals surface area contributed by atoms with Gasteiger partial charge in [-0.1, -0.05) is 11.6 Å². The molecule has 0 aliphatic rings. The fourth-order valence-electron chi connectivity index (χ4n) is 0.919. The highest BCUT2D eigenvalue weighted by Crippen LogP contribution is 2.29. The minimum atomic E-state index is -0.270. The van der Waals surface area contributed by atoms with Crippen LogP contribution in [-0.2, 0) is 9.53 Å². The molecule has 66 valence electrons. The summed E-state index contributed by atoms with van der Waals surface area (Å²) in [4.78, 5) is 11.1. The lowest BCUT2D eigenvalue weighted by Gasteiger charge is -2.06. The number of halogens is 1. The van der Waals surface area contributed by atoms with Crippen LogP contribution in [0.5, 0.6) is 0 Å². The molecule has 1 heterocycles. The quantitative estimate of drug-likeness (QED) is 0.693. The summed E-state index contributed by atoms with van der Waals surface area (Å²) in [6, 6.07) is 1.84. The van der Waals surface area contributed by atoms with Crippen LogP contribution in [-0.4, -0.2) is 13.1 Å². The Bertz CT molecular complexity index is 282. The Morgan fingerprint density at radius 1 is 1.75 bits per heavy atom. The van der Waals surface area contributed by atoms with Crippen molar-refractivity contribution in [1.82, 2.24) is 0 Å². The molecule has 0 radical (unpaired) electrons. The van der Waals surface area contributed by atoms with Gasteiger partial charge in [0.25, 0.3) is 0 Å². The van der Waals surface area contributed by atoms with Gasteiger partial charge in [0.05, 0.1) is 17.4 Å². The molecular formula is C8H9ClO2S. The summed E-state index contributed by atoms with van der Waals surface area (Å²) >= 11 is 7.26. The van der Waals surface area contributed by atoms with Crippen LogP contribution in [0.3, 0.4) is 0 Å². The molecule has 0 aromatic carbocycles. The lowest BCUT2D eigenvalue weighted by atomic mass is 10.1. The fourth-order valence-corrected chi connectivity index (χ4v) is 2.01. The number of methoxy groups -OCH3 is 1. The molecule has 1 aromatic heterocycles. The van der Waals surface area contributed by atoms with Crippen LogP contribution in [0.15, 0.2) is 11.4 Å². The van der Waals surface area contributed by atoms with E-state index in [2.05, 4.69) is 4.74 Å². The van der Waals surface area contributed by atoms with E-state index in [0.717, 1.165) is 5.56 Å². The molecule has 0 bridgehead atoms. The molecule has 1 rings (SSSR count). The summed E-state index contributed by atoms with van der Waals surface area (Å²) < 4.78 is 5.26. The van der Waals surface area contributed by atoms with E-state index in [0.29, 0.717) is 4.34 Å². The molecule has 1 atom stereocenters. The van der Waals surface area contributed by atoms with Gasteiger partial charge in [0, 0.05) is 0 Å². The highest BCUT2D eigenvalue weighted by atomic mass is 35.5. The van der Waals surface area contributed by atoms with Gasteiger partial charge in [0.2, 0.25) is 0 Å². The van der Waals surface area contributed by atoms with Crippen molar-refractivity contribution in [2.75, 3.05) is 7.11 Å². The lowest BCUT2D eigenvalue weighted by Crippen LogP contribution is -2.10. The van der Waals surface area contributed by atoms with Crippen LogP contribution >= 0.6 is 22.9 Å². The monoisotopic (exact) mass is 204 g/mol. The normalized spacial score (nSPS) is 12.6. The minimum Gasteiger partial charge on any atom is -0.469 e. The third-order valence-electron chi connectivity index (χ3n) is 1.67. The van der Waals surface area contributed by atoms with Crippen molar-refractivity contribution in [3.05, 3.63) is 21.3 Å². The Hall–Kier alpha value is -0.540. The van der Waals surface area contributed by atoms with Gasteiger partial charge in [-0.2, -0.15) is 0 Å². The van der Waals surface area contributed by atoms with Gasteiger partial charge in [-0.3, -0.25) is 4.79 Å². The van der Waals surface area contributed by atoms with E-state index in [1.807, 2.05) is 11.4 Å². The van der Waals surface area contributed by atoms with Crippen LogP contribution in [0.25, 0.3) is 0 Å². The number of carbonyl (C=O) groups is 1. The summed E-state index contributed by atoms with van der Waals surface area (Å²) in [5, 5.41) is 1.86. The van der Waals surface area contributed by atoms with Crippen molar-refractivity contribution in [2.24, 2.45) is 0 Å². The Morgan fingerprint density at radius 3 is 2.83 bits per heavy atom. The van der Waals surface area contributed by atoms with Crippen LogP contribution in [0.4, 0.5) is 0 Å². The van der Waals surface area contributed by atoms with Crippen LogP contribution in [0.2, 0.25) is 4.34 Å². The van der Waals surface area contributed by atoms with Gasteiger partial charge in [-0.05, 0) is 23.9 Å². The molecule has 0 fully saturated rings. The van der Waals surface area contributed by atoms with Crippen LogP contribution in [0, 0.1) is 0 Å². The Morgan fingerprint density at radius 2 is 2.42 bits per heavy atom. The van der Waals surface area contributed by atoms with Crippen LogP contribution in [0.1, 0.15) is 18.4 Å². The predicted octanol–water partition coefficient (Wildman–Crippen LogP) is 2.68. The molecule has 0 saturated carbocycles.